The Balaban J connectivity index is 1.36. The molecule has 0 bridgehead atoms. The number of benzene rings is 2. The van der Waals surface area contributed by atoms with Crippen molar-refractivity contribution < 1.29 is 27.6 Å². The first-order chi connectivity index (χ1) is 14.5. The minimum absolute atomic E-state index is 0.00496. The largest absolute Gasteiger partial charge is 0.486 e. The molecule has 2 amide bonds. The first-order valence-electron chi connectivity index (χ1n) is 9.07. The Morgan fingerprint density at radius 1 is 0.967 bits per heavy atom. The number of hydrazine groups is 1. The van der Waals surface area contributed by atoms with Crippen molar-refractivity contribution in [3.05, 3.63) is 89.3 Å². The van der Waals surface area contributed by atoms with Crippen LogP contribution < -0.4 is 15.6 Å². The zero-order chi connectivity index (χ0) is 21.1. The van der Waals surface area contributed by atoms with Gasteiger partial charge in [0, 0.05) is 10.9 Å². The van der Waals surface area contributed by atoms with E-state index in [2.05, 4.69) is 10.9 Å². The zero-order valence-electron chi connectivity index (χ0n) is 15.9. The molecule has 0 saturated heterocycles. The molecule has 0 unspecified atom stereocenters. The molecule has 0 fully saturated rings. The van der Waals surface area contributed by atoms with E-state index in [1.165, 1.54) is 24.3 Å². The fourth-order valence-corrected chi connectivity index (χ4v) is 2.89. The van der Waals surface area contributed by atoms with Crippen molar-refractivity contribution in [3.8, 4) is 5.75 Å². The van der Waals surface area contributed by atoms with Gasteiger partial charge in [0.25, 0.3) is 0 Å². The second-order valence-corrected chi connectivity index (χ2v) is 6.47. The maximum absolute atomic E-state index is 13.4. The second kappa shape index (κ2) is 8.12. The molecule has 2 aromatic carbocycles. The number of hydrogen-bond acceptors (Lipinski definition) is 5. The van der Waals surface area contributed by atoms with E-state index in [-0.39, 0.29) is 18.1 Å². The summed E-state index contributed by atoms with van der Waals surface area (Å²) >= 11 is 0. The first kappa shape index (κ1) is 19.3. The Kier molecular flexibility index (Phi) is 5.21. The highest BCUT2D eigenvalue weighted by atomic mass is 19.1. The number of para-hydroxylation sites is 1. The van der Waals surface area contributed by atoms with Crippen LogP contribution in [0.15, 0.2) is 69.5 Å². The molecule has 30 heavy (non-hydrogen) atoms. The topological polar surface area (TPSA) is 93.7 Å². The van der Waals surface area contributed by atoms with Gasteiger partial charge < -0.3 is 13.6 Å². The summed E-state index contributed by atoms with van der Waals surface area (Å²) in [7, 11) is 0. The van der Waals surface area contributed by atoms with E-state index >= 15 is 0 Å². The SMILES string of the molecule is Cc1c(C(=O)NNC(=O)c2ccc(COc3ccccc3)o2)oc2ccc(F)cc12. The highest BCUT2D eigenvalue weighted by molar-refractivity contribution is 6.00. The molecule has 7 nitrogen and oxygen atoms in total. The lowest BCUT2D eigenvalue weighted by molar-refractivity contribution is 0.0815. The van der Waals surface area contributed by atoms with Crippen LogP contribution in [-0.4, -0.2) is 11.8 Å². The molecular weight excluding hydrogens is 391 g/mol. The standard InChI is InChI=1S/C22H17FN2O5/c1-13-17-11-14(23)7-9-18(17)30-20(13)22(27)25-24-21(26)19-10-8-16(29-19)12-28-15-5-3-2-4-6-15/h2-11H,12H2,1H3,(H,24,26)(H,25,27). The summed E-state index contributed by atoms with van der Waals surface area (Å²) in [6.07, 6.45) is 0. The van der Waals surface area contributed by atoms with Crippen LogP contribution in [0.4, 0.5) is 4.39 Å². The van der Waals surface area contributed by atoms with E-state index in [9.17, 15) is 14.0 Å². The van der Waals surface area contributed by atoms with Crippen LogP contribution in [0.1, 0.15) is 32.4 Å². The third-order valence-electron chi connectivity index (χ3n) is 4.40. The van der Waals surface area contributed by atoms with Gasteiger partial charge in [-0.15, -0.1) is 0 Å². The maximum atomic E-state index is 13.4. The van der Waals surface area contributed by atoms with Gasteiger partial charge in [0.05, 0.1) is 0 Å². The molecule has 0 aliphatic rings. The Labute approximate surface area is 170 Å². The normalized spacial score (nSPS) is 10.7. The second-order valence-electron chi connectivity index (χ2n) is 6.47. The van der Waals surface area contributed by atoms with Gasteiger partial charge in [-0.05, 0) is 49.4 Å². The predicted octanol–water partition coefficient (Wildman–Crippen LogP) is 4.13. The molecule has 0 aliphatic heterocycles. The van der Waals surface area contributed by atoms with Crippen LogP contribution in [0.2, 0.25) is 0 Å². The summed E-state index contributed by atoms with van der Waals surface area (Å²) in [4.78, 5) is 24.6. The molecule has 0 atom stereocenters. The van der Waals surface area contributed by atoms with Crippen LogP contribution >= 0.6 is 0 Å². The quantitative estimate of drug-likeness (QED) is 0.485. The Morgan fingerprint density at radius 2 is 1.73 bits per heavy atom. The minimum Gasteiger partial charge on any atom is -0.486 e. The molecule has 2 aromatic heterocycles. The number of halogens is 1. The monoisotopic (exact) mass is 408 g/mol. The Morgan fingerprint density at radius 3 is 2.53 bits per heavy atom. The van der Waals surface area contributed by atoms with E-state index in [4.69, 9.17) is 13.6 Å². The molecule has 0 aliphatic carbocycles. The molecule has 0 radical (unpaired) electrons. The van der Waals surface area contributed by atoms with E-state index in [0.29, 0.717) is 28.0 Å². The zero-order valence-corrected chi connectivity index (χ0v) is 15.9. The highest BCUT2D eigenvalue weighted by Crippen LogP contribution is 2.25. The van der Waals surface area contributed by atoms with E-state index in [1.54, 1.807) is 25.1 Å². The summed E-state index contributed by atoms with van der Waals surface area (Å²) in [6, 6.07) is 16.2. The number of aryl methyl sites for hydroxylation is 1. The van der Waals surface area contributed by atoms with Crippen molar-refractivity contribution >= 4 is 22.8 Å². The van der Waals surface area contributed by atoms with Crippen LogP contribution in [0.5, 0.6) is 5.75 Å². The van der Waals surface area contributed by atoms with Gasteiger partial charge in [-0.1, -0.05) is 18.2 Å². The fraction of sp³-hybridized carbons (Fsp3) is 0.0909. The maximum Gasteiger partial charge on any atom is 0.305 e. The molecule has 0 saturated carbocycles. The number of ether oxygens (including phenoxy) is 1. The number of carbonyl (C=O) groups excluding carboxylic acids is 2. The molecule has 4 rings (SSSR count). The number of nitrogens with one attached hydrogen (secondary N) is 2. The molecule has 2 N–H and O–H groups in total. The van der Waals surface area contributed by atoms with Crippen molar-refractivity contribution in [2.75, 3.05) is 0 Å². The van der Waals surface area contributed by atoms with Crippen LogP contribution in [0.3, 0.4) is 0 Å². The third-order valence-corrected chi connectivity index (χ3v) is 4.40. The third kappa shape index (κ3) is 4.02. The Bertz CT molecular complexity index is 1210. The highest BCUT2D eigenvalue weighted by Gasteiger charge is 2.19. The van der Waals surface area contributed by atoms with Crippen molar-refractivity contribution in [2.45, 2.75) is 13.5 Å². The van der Waals surface area contributed by atoms with Crippen molar-refractivity contribution in [3.63, 3.8) is 0 Å². The Hall–Kier alpha value is -4.07. The van der Waals surface area contributed by atoms with Crippen LogP contribution in [-0.2, 0) is 6.61 Å². The van der Waals surface area contributed by atoms with Gasteiger partial charge in [-0.2, -0.15) is 0 Å². The van der Waals surface area contributed by atoms with E-state index < -0.39 is 17.6 Å². The summed E-state index contributed by atoms with van der Waals surface area (Å²) in [5.41, 5.74) is 5.37. The van der Waals surface area contributed by atoms with Crippen LogP contribution in [0, 0.1) is 12.7 Å². The van der Waals surface area contributed by atoms with Gasteiger partial charge in [0.15, 0.2) is 11.5 Å². The van der Waals surface area contributed by atoms with Gasteiger partial charge in [0.1, 0.15) is 29.5 Å². The van der Waals surface area contributed by atoms with E-state index in [1.807, 2.05) is 18.2 Å². The molecule has 8 heteroatoms. The van der Waals surface area contributed by atoms with Crippen molar-refractivity contribution in [1.82, 2.24) is 10.9 Å². The molecule has 4 aromatic rings. The number of amides is 2. The number of carbonyl (C=O) groups is 2. The number of rotatable bonds is 5. The first-order valence-corrected chi connectivity index (χ1v) is 9.07. The lowest BCUT2D eigenvalue weighted by atomic mass is 10.1. The van der Waals surface area contributed by atoms with E-state index in [0.717, 1.165) is 0 Å². The minimum atomic E-state index is -0.670. The molecule has 152 valence electrons. The average Bonchev–Trinajstić information content (AvgIpc) is 3.36. The lowest BCUT2D eigenvalue weighted by Crippen LogP contribution is -2.41. The van der Waals surface area contributed by atoms with Crippen molar-refractivity contribution in [1.29, 1.82) is 0 Å². The summed E-state index contributed by atoms with van der Waals surface area (Å²) < 4.78 is 29.9. The smallest absolute Gasteiger partial charge is 0.305 e. The number of fused-ring (bicyclic) bond motifs is 1. The van der Waals surface area contributed by atoms with Gasteiger partial charge in [0.2, 0.25) is 0 Å². The molecule has 2 heterocycles. The summed E-state index contributed by atoms with van der Waals surface area (Å²) in [5, 5.41) is 0.487. The lowest BCUT2D eigenvalue weighted by Gasteiger charge is -2.05. The predicted molar refractivity (Wildman–Crippen MR) is 105 cm³/mol. The van der Waals surface area contributed by atoms with Gasteiger partial charge in [-0.3, -0.25) is 20.4 Å². The van der Waals surface area contributed by atoms with Gasteiger partial charge >= 0.3 is 11.8 Å². The number of hydrogen-bond donors (Lipinski definition) is 2. The summed E-state index contributed by atoms with van der Waals surface area (Å²) in [5.74, 6) is -0.640. The van der Waals surface area contributed by atoms with Crippen molar-refractivity contribution in [2.24, 2.45) is 0 Å². The fourth-order valence-electron chi connectivity index (χ4n) is 2.89. The molecular formula is C22H17FN2O5. The molecule has 0 spiro atoms. The number of furan rings is 2. The average molecular weight is 408 g/mol. The summed E-state index contributed by atoms with van der Waals surface area (Å²) in [6.45, 7) is 1.78. The van der Waals surface area contributed by atoms with Gasteiger partial charge in [-0.25, -0.2) is 4.39 Å². The van der Waals surface area contributed by atoms with Crippen LogP contribution in [0.25, 0.3) is 11.0 Å².